The topological polar surface area (TPSA) is 102 Å². The summed E-state index contributed by atoms with van der Waals surface area (Å²) in [6, 6.07) is 15.7. The van der Waals surface area contributed by atoms with Crippen molar-refractivity contribution >= 4 is 17.8 Å². The average molecular weight is 397 g/mol. The van der Waals surface area contributed by atoms with Gasteiger partial charge in [0.25, 0.3) is 5.91 Å². The molecule has 4 rings (SSSR count). The molecule has 2 aliphatic rings. The van der Waals surface area contributed by atoms with E-state index in [1.54, 1.807) is 48.5 Å². The van der Waals surface area contributed by atoms with Crippen LogP contribution in [-0.2, 0) is 36.1 Å². The van der Waals surface area contributed by atoms with E-state index in [9.17, 15) is 19.5 Å². The first kappa shape index (κ1) is 19.1. The number of amides is 1. The number of benzene rings is 2. The van der Waals surface area contributed by atoms with Crippen molar-refractivity contribution in [2.45, 2.75) is 24.5 Å². The van der Waals surface area contributed by atoms with Crippen LogP contribution in [0.1, 0.15) is 21.5 Å². The Morgan fingerprint density at radius 1 is 1.14 bits per heavy atom. The summed E-state index contributed by atoms with van der Waals surface area (Å²) in [6.07, 6.45) is -2.68. The monoisotopic (exact) mass is 397 g/mol. The molecule has 0 radical (unpaired) electrons. The van der Waals surface area contributed by atoms with E-state index in [1.165, 1.54) is 12.0 Å². The molecule has 8 heteroatoms. The molecule has 150 valence electrons. The van der Waals surface area contributed by atoms with Gasteiger partial charge in [0.05, 0.1) is 19.2 Å². The molecule has 29 heavy (non-hydrogen) atoms. The number of carbonyl (C=O) groups excluding carboxylic acids is 2. The molecule has 2 heterocycles. The molecule has 8 nitrogen and oxygen atoms in total. The lowest BCUT2D eigenvalue weighted by Crippen LogP contribution is -2.53. The maximum absolute atomic E-state index is 13.0. The largest absolute Gasteiger partial charge is 0.479 e. The highest BCUT2D eigenvalue weighted by molar-refractivity contribution is 5.92. The lowest BCUT2D eigenvalue weighted by atomic mass is 10.0. The number of hydrogen-bond donors (Lipinski definition) is 1. The van der Waals surface area contributed by atoms with Crippen LogP contribution < -0.4 is 0 Å². The fourth-order valence-corrected chi connectivity index (χ4v) is 3.73. The van der Waals surface area contributed by atoms with Gasteiger partial charge in [0.15, 0.2) is 12.2 Å². The predicted molar refractivity (Wildman–Crippen MR) is 98.7 cm³/mol. The van der Waals surface area contributed by atoms with Crippen LogP contribution in [-0.4, -0.2) is 53.7 Å². The Labute approximate surface area is 166 Å². The van der Waals surface area contributed by atoms with Crippen LogP contribution in [0.25, 0.3) is 0 Å². The minimum atomic E-state index is -1.41. The number of carboxylic acids is 1. The van der Waals surface area contributed by atoms with Crippen molar-refractivity contribution in [3.05, 3.63) is 71.3 Å². The van der Waals surface area contributed by atoms with Gasteiger partial charge in [-0.05, 0) is 11.6 Å². The minimum Gasteiger partial charge on any atom is -0.479 e. The number of esters is 1. The molecule has 3 atom stereocenters. The molecule has 0 spiro atoms. The van der Waals surface area contributed by atoms with Crippen molar-refractivity contribution in [3.8, 4) is 0 Å². The molecular weight excluding hydrogens is 378 g/mol. The van der Waals surface area contributed by atoms with Gasteiger partial charge < -0.3 is 24.2 Å². The van der Waals surface area contributed by atoms with E-state index in [2.05, 4.69) is 0 Å². The number of morpholine rings is 1. The molecule has 2 bridgehead atoms. The Bertz CT molecular complexity index is 961. The third-order valence-corrected chi connectivity index (χ3v) is 5.10. The van der Waals surface area contributed by atoms with Gasteiger partial charge in [-0.2, -0.15) is 0 Å². The fraction of sp³-hybridized carbons (Fsp3) is 0.286. The van der Waals surface area contributed by atoms with E-state index in [-0.39, 0.29) is 13.1 Å². The van der Waals surface area contributed by atoms with Crippen molar-refractivity contribution in [2.24, 2.45) is 0 Å². The number of aliphatic carboxylic acids is 1. The Morgan fingerprint density at radius 3 is 2.52 bits per heavy atom. The molecule has 2 aromatic carbocycles. The second kappa shape index (κ2) is 7.31. The second-order valence-corrected chi connectivity index (χ2v) is 6.88. The van der Waals surface area contributed by atoms with Crippen LogP contribution >= 0.6 is 0 Å². The predicted octanol–water partition coefficient (Wildman–Crippen LogP) is 1.54. The zero-order valence-corrected chi connectivity index (χ0v) is 15.6. The smallest absolute Gasteiger partial charge is 0.338 e. The van der Waals surface area contributed by atoms with Gasteiger partial charge >= 0.3 is 11.9 Å². The van der Waals surface area contributed by atoms with Crippen LogP contribution in [0.3, 0.4) is 0 Å². The Morgan fingerprint density at radius 2 is 1.83 bits per heavy atom. The van der Waals surface area contributed by atoms with Crippen LogP contribution in [0.4, 0.5) is 0 Å². The number of fused-ring (bicyclic) bond motifs is 2. The van der Waals surface area contributed by atoms with Crippen molar-refractivity contribution in [2.75, 3.05) is 13.7 Å². The van der Waals surface area contributed by atoms with E-state index < -0.39 is 35.8 Å². The third kappa shape index (κ3) is 3.26. The van der Waals surface area contributed by atoms with Crippen LogP contribution in [0.15, 0.2) is 54.6 Å². The van der Waals surface area contributed by atoms with E-state index in [1.807, 2.05) is 6.07 Å². The van der Waals surface area contributed by atoms with Gasteiger partial charge in [0, 0.05) is 12.1 Å². The lowest BCUT2D eigenvalue weighted by molar-refractivity contribution is -0.219. The zero-order chi connectivity index (χ0) is 20.6. The first-order chi connectivity index (χ1) is 13.9. The molecule has 0 aliphatic carbocycles. The molecule has 1 N–H and O–H groups in total. The first-order valence-electron chi connectivity index (χ1n) is 9.04. The second-order valence-electron chi connectivity index (χ2n) is 6.88. The fourth-order valence-electron chi connectivity index (χ4n) is 3.73. The summed E-state index contributed by atoms with van der Waals surface area (Å²) in [4.78, 5) is 38.2. The van der Waals surface area contributed by atoms with E-state index in [4.69, 9.17) is 14.2 Å². The highest BCUT2D eigenvalue weighted by Gasteiger charge is 2.60. The molecule has 1 amide bonds. The summed E-state index contributed by atoms with van der Waals surface area (Å²) in [5.74, 6) is -3.66. The molecule has 0 saturated carbocycles. The third-order valence-electron chi connectivity index (χ3n) is 5.10. The highest BCUT2D eigenvalue weighted by atomic mass is 16.8. The molecule has 3 unspecified atom stereocenters. The molecular formula is C21H19NO7. The van der Waals surface area contributed by atoms with Gasteiger partial charge in [0.2, 0.25) is 5.79 Å². The zero-order valence-electron chi connectivity index (χ0n) is 15.6. The molecule has 2 aliphatic heterocycles. The number of ether oxygens (including phenoxy) is 3. The summed E-state index contributed by atoms with van der Waals surface area (Å²) in [7, 11) is 1.29. The minimum absolute atomic E-state index is 0.00830. The quantitative estimate of drug-likeness (QED) is 0.764. The number of methoxy groups -OCH3 is 1. The van der Waals surface area contributed by atoms with Gasteiger partial charge in [0.1, 0.15) is 0 Å². The summed E-state index contributed by atoms with van der Waals surface area (Å²) in [5.41, 5.74) is 1.54. The van der Waals surface area contributed by atoms with E-state index in [0.717, 1.165) is 0 Å². The average Bonchev–Trinajstić information content (AvgIpc) is 3.09. The van der Waals surface area contributed by atoms with Crippen molar-refractivity contribution in [1.29, 1.82) is 0 Å². The maximum Gasteiger partial charge on any atom is 0.338 e. The Balaban J connectivity index is 1.70. The van der Waals surface area contributed by atoms with Gasteiger partial charge in [-0.1, -0.05) is 48.5 Å². The van der Waals surface area contributed by atoms with Gasteiger partial charge in [-0.15, -0.1) is 0 Å². The molecule has 0 aromatic heterocycles. The molecule has 2 saturated heterocycles. The SMILES string of the molecule is COC(=O)c1ccccc1CN1CC2(c3ccccc3)OC(C(=O)O)C(O2)C1=O. The van der Waals surface area contributed by atoms with Gasteiger partial charge in [-0.25, -0.2) is 9.59 Å². The summed E-state index contributed by atoms with van der Waals surface area (Å²) >= 11 is 0. The number of hydrogen-bond acceptors (Lipinski definition) is 6. The standard InChI is InChI=1S/C21H19NO7/c1-27-20(26)15-10-6-5-7-13(15)11-22-12-21(14-8-3-2-4-9-14)28-16(18(22)23)17(29-21)19(24)25/h2-10,16-17H,11-12H2,1H3,(H,24,25). The van der Waals surface area contributed by atoms with E-state index >= 15 is 0 Å². The summed E-state index contributed by atoms with van der Waals surface area (Å²) in [5, 5.41) is 9.53. The van der Waals surface area contributed by atoms with Crippen LogP contribution in [0.5, 0.6) is 0 Å². The van der Waals surface area contributed by atoms with Crippen LogP contribution in [0.2, 0.25) is 0 Å². The molecule has 2 aromatic rings. The first-order valence-corrected chi connectivity index (χ1v) is 9.04. The van der Waals surface area contributed by atoms with Gasteiger partial charge in [-0.3, -0.25) is 4.79 Å². The number of carboxylic acid groups (broad SMARTS) is 1. The highest BCUT2D eigenvalue weighted by Crippen LogP contribution is 2.43. The normalized spacial score (nSPS) is 25.7. The Hall–Kier alpha value is -3.23. The maximum atomic E-state index is 13.0. The van der Waals surface area contributed by atoms with Crippen molar-refractivity contribution < 1.29 is 33.7 Å². The number of nitrogens with zero attached hydrogens (tertiary/aromatic N) is 1. The Kier molecular flexibility index (Phi) is 4.81. The van der Waals surface area contributed by atoms with Crippen molar-refractivity contribution in [3.63, 3.8) is 0 Å². The number of rotatable bonds is 5. The van der Waals surface area contributed by atoms with Crippen LogP contribution in [0, 0.1) is 0 Å². The summed E-state index contributed by atoms with van der Waals surface area (Å²) in [6.45, 7) is 0.0832. The summed E-state index contributed by atoms with van der Waals surface area (Å²) < 4.78 is 16.4. The van der Waals surface area contributed by atoms with Crippen molar-refractivity contribution in [1.82, 2.24) is 4.90 Å². The van der Waals surface area contributed by atoms with E-state index in [0.29, 0.717) is 16.7 Å². The number of carbonyl (C=O) groups is 3. The lowest BCUT2D eigenvalue weighted by Gasteiger charge is -2.38. The molecule has 2 fully saturated rings.